The zero-order valence-electron chi connectivity index (χ0n) is 8.14. The van der Waals surface area contributed by atoms with Gasteiger partial charge in [-0.05, 0) is 6.42 Å². The third-order valence-corrected chi connectivity index (χ3v) is 4.10. The van der Waals surface area contributed by atoms with Crippen LogP contribution in [0.2, 0.25) is 0 Å². The topological polar surface area (TPSA) is 74.7 Å². The first kappa shape index (κ1) is 11.5. The van der Waals surface area contributed by atoms with E-state index in [0.29, 0.717) is 19.5 Å². The predicted octanol–water partition coefficient (Wildman–Crippen LogP) is -0.420. The summed E-state index contributed by atoms with van der Waals surface area (Å²) in [5.41, 5.74) is 0. The molecule has 82 valence electrons. The van der Waals surface area contributed by atoms with Crippen LogP contribution in [-0.2, 0) is 14.6 Å². The Balaban J connectivity index is 2.60. The molecule has 14 heavy (non-hydrogen) atoms. The summed E-state index contributed by atoms with van der Waals surface area (Å²) in [5.74, 6) is -0.708. The number of nitrogens with zero attached hydrogens (tertiary/aromatic N) is 1. The highest BCUT2D eigenvalue weighted by Crippen LogP contribution is 2.10. The van der Waals surface area contributed by atoms with E-state index < -0.39 is 21.8 Å². The molecule has 0 aromatic heterocycles. The van der Waals surface area contributed by atoms with Gasteiger partial charge in [-0.15, -0.1) is 0 Å². The fraction of sp³-hybridized carbons (Fsp3) is 0.875. The summed E-state index contributed by atoms with van der Waals surface area (Å²) < 4.78 is 22.2. The Hall–Kier alpha value is -0.620. The maximum Gasteiger partial charge on any atom is 0.320 e. The maximum atomic E-state index is 11.1. The smallest absolute Gasteiger partial charge is 0.320 e. The summed E-state index contributed by atoms with van der Waals surface area (Å²) in [5, 5.41) is 8.86. The third-order valence-electron chi connectivity index (χ3n) is 2.49. The number of carboxylic acids is 1. The largest absolute Gasteiger partial charge is 0.480 e. The van der Waals surface area contributed by atoms with Crippen molar-refractivity contribution in [2.75, 3.05) is 24.6 Å². The van der Waals surface area contributed by atoms with Gasteiger partial charge in [0.2, 0.25) is 0 Å². The molecule has 0 spiro atoms. The zero-order valence-corrected chi connectivity index (χ0v) is 8.96. The Kier molecular flexibility index (Phi) is 3.49. The SMILES string of the molecule is CCC(C(=O)O)N1CCS(=O)(=O)CC1. The summed E-state index contributed by atoms with van der Waals surface area (Å²) >= 11 is 0. The number of hydrogen-bond acceptors (Lipinski definition) is 4. The second-order valence-electron chi connectivity index (χ2n) is 3.45. The lowest BCUT2D eigenvalue weighted by atomic mass is 10.2. The van der Waals surface area contributed by atoms with Crippen LogP contribution in [0.4, 0.5) is 0 Å². The quantitative estimate of drug-likeness (QED) is 0.700. The minimum atomic E-state index is -2.92. The van der Waals surface area contributed by atoms with E-state index in [-0.39, 0.29) is 11.5 Å². The Labute approximate surface area is 83.6 Å². The van der Waals surface area contributed by atoms with Crippen LogP contribution in [0, 0.1) is 0 Å². The van der Waals surface area contributed by atoms with Gasteiger partial charge in [0.15, 0.2) is 9.84 Å². The fourth-order valence-corrected chi connectivity index (χ4v) is 2.86. The van der Waals surface area contributed by atoms with Gasteiger partial charge in [0.25, 0.3) is 0 Å². The van der Waals surface area contributed by atoms with Crippen molar-refractivity contribution in [2.45, 2.75) is 19.4 Å². The van der Waals surface area contributed by atoms with Gasteiger partial charge in [-0.2, -0.15) is 0 Å². The normalized spacial score (nSPS) is 24.4. The van der Waals surface area contributed by atoms with E-state index in [1.165, 1.54) is 0 Å². The molecular weight excluding hydrogens is 206 g/mol. The molecule has 0 bridgehead atoms. The minimum absolute atomic E-state index is 0.0801. The van der Waals surface area contributed by atoms with E-state index in [4.69, 9.17) is 5.11 Å². The molecule has 1 saturated heterocycles. The molecule has 0 aliphatic carbocycles. The number of rotatable bonds is 3. The van der Waals surface area contributed by atoms with Crippen molar-refractivity contribution >= 4 is 15.8 Å². The molecule has 1 atom stereocenters. The highest BCUT2D eigenvalue weighted by atomic mass is 32.2. The molecule has 0 saturated carbocycles. The van der Waals surface area contributed by atoms with E-state index in [1.54, 1.807) is 11.8 Å². The lowest BCUT2D eigenvalue weighted by Gasteiger charge is -2.31. The molecule has 0 aromatic carbocycles. The number of carboxylic acid groups (broad SMARTS) is 1. The molecule has 1 rings (SSSR count). The Morgan fingerprint density at radius 3 is 2.29 bits per heavy atom. The number of carbonyl (C=O) groups is 1. The molecule has 6 heteroatoms. The second kappa shape index (κ2) is 4.27. The van der Waals surface area contributed by atoms with Gasteiger partial charge in [0.1, 0.15) is 6.04 Å². The molecule has 1 N–H and O–H groups in total. The molecule has 1 unspecified atom stereocenters. The van der Waals surface area contributed by atoms with Gasteiger partial charge in [0.05, 0.1) is 11.5 Å². The van der Waals surface area contributed by atoms with Crippen LogP contribution >= 0.6 is 0 Å². The first-order valence-electron chi connectivity index (χ1n) is 4.63. The molecular formula is C8H15NO4S. The second-order valence-corrected chi connectivity index (χ2v) is 5.75. The summed E-state index contributed by atoms with van der Waals surface area (Å²) in [6.07, 6.45) is 0.509. The molecule has 5 nitrogen and oxygen atoms in total. The Morgan fingerprint density at radius 2 is 1.93 bits per heavy atom. The first-order chi connectivity index (χ1) is 6.46. The van der Waals surface area contributed by atoms with Crippen LogP contribution in [0.5, 0.6) is 0 Å². The van der Waals surface area contributed by atoms with Crippen LogP contribution in [0.3, 0.4) is 0 Å². The summed E-state index contributed by atoms with van der Waals surface area (Å²) in [6, 6.07) is -0.537. The zero-order chi connectivity index (χ0) is 10.8. The van der Waals surface area contributed by atoms with Crippen molar-refractivity contribution < 1.29 is 18.3 Å². The van der Waals surface area contributed by atoms with Crippen LogP contribution in [0.1, 0.15) is 13.3 Å². The standard InChI is InChI=1S/C8H15NO4S/c1-2-7(8(10)11)9-3-5-14(12,13)6-4-9/h7H,2-6H2,1H3,(H,10,11). The third kappa shape index (κ3) is 2.68. The van der Waals surface area contributed by atoms with Crippen molar-refractivity contribution in [3.05, 3.63) is 0 Å². The average Bonchev–Trinajstić information content (AvgIpc) is 2.08. The molecule has 0 amide bonds. The Bertz CT molecular complexity index is 297. The van der Waals surface area contributed by atoms with Gasteiger partial charge in [-0.1, -0.05) is 6.92 Å². The van der Waals surface area contributed by atoms with Crippen LogP contribution in [0.25, 0.3) is 0 Å². The average molecular weight is 221 g/mol. The lowest BCUT2D eigenvalue weighted by molar-refractivity contribution is -0.143. The highest BCUT2D eigenvalue weighted by Gasteiger charge is 2.29. The van der Waals surface area contributed by atoms with E-state index in [1.807, 2.05) is 0 Å². The number of sulfone groups is 1. The predicted molar refractivity (Wildman–Crippen MR) is 51.9 cm³/mol. The fourth-order valence-electron chi connectivity index (χ4n) is 1.63. The van der Waals surface area contributed by atoms with Gasteiger partial charge in [0, 0.05) is 13.1 Å². The van der Waals surface area contributed by atoms with E-state index in [2.05, 4.69) is 0 Å². The van der Waals surface area contributed by atoms with Crippen molar-refractivity contribution in [3.8, 4) is 0 Å². The minimum Gasteiger partial charge on any atom is -0.480 e. The molecule has 1 heterocycles. The number of aliphatic carboxylic acids is 1. The molecule has 1 aliphatic rings. The van der Waals surface area contributed by atoms with Gasteiger partial charge in [-0.25, -0.2) is 8.42 Å². The van der Waals surface area contributed by atoms with E-state index in [9.17, 15) is 13.2 Å². The van der Waals surface area contributed by atoms with Crippen LogP contribution in [0.15, 0.2) is 0 Å². The van der Waals surface area contributed by atoms with E-state index >= 15 is 0 Å². The summed E-state index contributed by atoms with van der Waals surface area (Å²) in [4.78, 5) is 12.5. The Morgan fingerprint density at radius 1 is 1.43 bits per heavy atom. The monoisotopic (exact) mass is 221 g/mol. The first-order valence-corrected chi connectivity index (χ1v) is 6.45. The highest BCUT2D eigenvalue weighted by molar-refractivity contribution is 7.91. The summed E-state index contributed by atoms with van der Waals surface area (Å²) in [7, 11) is -2.92. The van der Waals surface area contributed by atoms with E-state index in [0.717, 1.165) is 0 Å². The molecule has 0 aromatic rings. The van der Waals surface area contributed by atoms with Crippen molar-refractivity contribution in [2.24, 2.45) is 0 Å². The van der Waals surface area contributed by atoms with Crippen molar-refractivity contribution in [1.29, 1.82) is 0 Å². The summed E-state index contributed by atoms with van der Waals surface area (Å²) in [6.45, 7) is 2.47. The number of hydrogen-bond donors (Lipinski definition) is 1. The van der Waals surface area contributed by atoms with Crippen LogP contribution in [-0.4, -0.2) is 55.0 Å². The molecule has 1 aliphatic heterocycles. The maximum absolute atomic E-state index is 11.1. The molecule has 1 fully saturated rings. The molecule has 0 radical (unpaired) electrons. The van der Waals surface area contributed by atoms with Gasteiger partial charge >= 0.3 is 5.97 Å². The van der Waals surface area contributed by atoms with Gasteiger partial charge in [-0.3, -0.25) is 9.69 Å². The van der Waals surface area contributed by atoms with Crippen molar-refractivity contribution in [1.82, 2.24) is 4.90 Å². The lowest BCUT2D eigenvalue weighted by Crippen LogP contribution is -2.49. The van der Waals surface area contributed by atoms with Crippen LogP contribution < -0.4 is 0 Å². The van der Waals surface area contributed by atoms with Crippen molar-refractivity contribution in [3.63, 3.8) is 0 Å². The van der Waals surface area contributed by atoms with Gasteiger partial charge < -0.3 is 5.11 Å².